The van der Waals surface area contributed by atoms with Gasteiger partial charge in [-0.05, 0) is 30.6 Å². The van der Waals surface area contributed by atoms with Crippen LogP contribution in [0.5, 0.6) is 5.75 Å². The lowest BCUT2D eigenvalue weighted by molar-refractivity contribution is -0.0980. The zero-order valence-corrected chi connectivity index (χ0v) is 15.4. The molecule has 0 spiro atoms. The second-order valence-corrected chi connectivity index (χ2v) is 7.18. The van der Waals surface area contributed by atoms with Crippen molar-refractivity contribution in [1.29, 1.82) is 0 Å². The summed E-state index contributed by atoms with van der Waals surface area (Å²) in [5, 5.41) is 3.68. The first-order chi connectivity index (χ1) is 12.0. The molecule has 0 saturated heterocycles. The van der Waals surface area contributed by atoms with Gasteiger partial charge >= 0.3 is 0 Å². The SMILES string of the molecule is CC.NN/N=C(\N)c1c(F)c(Cl)cc2c1N(CC13CC(C1)C3)CCO2. The van der Waals surface area contributed by atoms with Gasteiger partial charge in [-0.15, -0.1) is 5.10 Å². The Morgan fingerprint density at radius 1 is 1.48 bits per heavy atom. The second kappa shape index (κ2) is 6.88. The summed E-state index contributed by atoms with van der Waals surface area (Å²) in [6, 6.07) is 1.51. The van der Waals surface area contributed by atoms with Gasteiger partial charge < -0.3 is 15.4 Å². The molecule has 5 rings (SSSR count). The Balaban J connectivity index is 0.000000880. The maximum absolute atomic E-state index is 14.6. The van der Waals surface area contributed by atoms with E-state index < -0.39 is 5.82 Å². The lowest BCUT2D eigenvalue weighted by Gasteiger charge is -2.63. The van der Waals surface area contributed by atoms with Crippen molar-refractivity contribution in [3.8, 4) is 5.75 Å². The molecule has 0 atom stereocenters. The van der Waals surface area contributed by atoms with Crippen molar-refractivity contribution >= 4 is 23.1 Å². The van der Waals surface area contributed by atoms with E-state index in [9.17, 15) is 4.39 Å². The fraction of sp³-hybridized carbons (Fsp3) is 0.588. The third kappa shape index (κ3) is 3.00. The molecule has 1 aromatic carbocycles. The highest BCUT2D eigenvalue weighted by Gasteiger charge is 2.57. The van der Waals surface area contributed by atoms with Crippen molar-refractivity contribution in [2.45, 2.75) is 33.1 Å². The van der Waals surface area contributed by atoms with Gasteiger partial charge in [0.1, 0.15) is 12.4 Å². The van der Waals surface area contributed by atoms with Crippen LogP contribution in [-0.4, -0.2) is 25.5 Å². The molecule has 3 fully saturated rings. The van der Waals surface area contributed by atoms with E-state index in [1.165, 1.54) is 25.3 Å². The van der Waals surface area contributed by atoms with Gasteiger partial charge in [-0.2, -0.15) is 0 Å². The number of nitrogens with one attached hydrogen (secondary N) is 1. The van der Waals surface area contributed by atoms with Crippen LogP contribution in [0, 0.1) is 17.2 Å². The number of nitrogens with zero attached hydrogens (tertiary/aromatic N) is 2. The van der Waals surface area contributed by atoms with E-state index in [2.05, 4.69) is 15.5 Å². The number of halogens is 2. The van der Waals surface area contributed by atoms with Gasteiger partial charge in [0.05, 0.1) is 22.8 Å². The Morgan fingerprint density at radius 2 is 2.16 bits per heavy atom. The first-order valence-corrected chi connectivity index (χ1v) is 9.10. The van der Waals surface area contributed by atoms with Gasteiger partial charge in [-0.3, -0.25) is 0 Å². The van der Waals surface area contributed by atoms with E-state index in [1.807, 2.05) is 13.8 Å². The van der Waals surface area contributed by atoms with Crippen LogP contribution in [0.25, 0.3) is 0 Å². The number of ether oxygens (including phenoxy) is 1. The van der Waals surface area contributed by atoms with Gasteiger partial charge in [0, 0.05) is 12.6 Å². The normalized spacial score (nSPS) is 26.4. The first-order valence-electron chi connectivity index (χ1n) is 8.72. The predicted molar refractivity (Wildman–Crippen MR) is 98.3 cm³/mol. The van der Waals surface area contributed by atoms with E-state index >= 15 is 0 Å². The van der Waals surface area contributed by atoms with Gasteiger partial charge in [0.2, 0.25) is 0 Å². The number of amidine groups is 1. The zero-order chi connectivity index (χ0) is 18.2. The largest absolute Gasteiger partial charge is 0.489 e. The van der Waals surface area contributed by atoms with Crippen LogP contribution in [0.3, 0.4) is 0 Å². The van der Waals surface area contributed by atoms with E-state index in [0.29, 0.717) is 30.0 Å². The highest BCUT2D eigenvalue weighted by atomic mass is 35.5. The van der Waals surface area contributed by atoms with Gasteiger partial charge in [-0.25, -0.2) is 15.8 Å². The summed E-state index contributed by atoms with van der Waals surface area (Å²) in [6.07, 6.45) is 3.79. The molecule has 1 aliphatic heterocycles. The van der Waals surface area contributed by atoms with Crippen LogP contribution >= 0.6 is 11.6 Å². The molecular formula is C17H25ClFN5O. The van der Waals surface area contributed by atoms with Gasteiger partial charge in [0.15, 0.2) is 11.7 Å². The summed E-state index contributed by atoms with van der Waals surface area (Å²) in [5.74, 6) is 5.97. The number of hydrogen-bond donors (Lipinski definition) is 3. The Kier molecular flexibility index (Phi) is 4.97. The van der Waals surface area contributed by atoms with Crippen molar-refractivity contribution in [3.05, 3.63) is 22.5 Å². The quantitative estimate of drug-likeness (QED) is 0.328. The summed E-state index contributed by atoms with van der Waals surface area (Å²) >= 11 is 5.99. The summed E-state index contributed by atoms with van der Waals surface area (Å²) in [7, 11) is 0. The third-order valence-corrected chi connectivity index (χ3v) is 5.50. The van der Waals surface area contributed by atoms with E-state index in [-0.39, 0.29) is 16.4 Å². The highest BCUT2D eigenvalue weighted by Crippen LogP contribution is 2.65. The Bertz CT molecular complexity index is 679. The Hall–Kier alpha value is -1.73. The lowest BCUT2D eigenvalue weighted by atomic mass is 9.44. The number of benzene rings is 1. The molecule has 8 heteroatoms. The standard InChI is InChI=1S/C15H19ClFN5O.C2H6/c16-9-3-10-13(11(12(9)17)14(18)20-21-19)22(1-2-23-10)7-15-4-8(5-15)6-15;1-2/h3,8,21H,1-2,4-7,19H2,(H2,18,20);1-2H3. The minimum Gasteiger partial charge on any atom is -0.489 e. The van der Waals surface area contributed by atoms with Crippen LogP contribution in [0.4, 0.5) is 10.1 Å². The number of hydrazone groups is 1. The summed E-state index contributed by atoms with van der Waals surface area (Å²) < 4.78 is 20.3. The average molecular weight is 370 g/mol. The molecule has 0 unspecified atom stereocenters. The molecule has 2 bridgehead atoms. The molecule has 1 heterocycles. The van der Waals surface area contributed by atoms with Crippen LogP contribution < -0.4 is 26.7 Å². The van der Waals surface area contributed by atoms with Crippen molar-refractivity contribution in [1.82, 2.24) is 5.53 Å². The van der Waals surface area contributed by atoms with Crippen molar-refractivity contribution in [2.75, 3.05) is 24.6 Å². The van der Waals surface area contributed by atoms with Crippen LogP contribution in [0.2, 0.25) is 5.02 Å². The van der Waals surface area contributed by atoms with Crippen LogP contribution in [0.15, 0.2) is 11.2 Å². The van der Waals surface area contributed by atoms with E-state index in [0.717, 1.165) is 12.5 Å². The molecule has 0 aromatic heterocycles. The Morgan fingerprint density at radius 3 is 2.72 bits per heavy atom. The van der Waals surface area contributed by atoms with Crippen molar-refractivity contribution in [2.24, 2.45) is 28.0 Å². The van der Waals surface area contributed by atoms with Crippen LogP contribution in [-0.2, 0) is 0 Å². The predicted octanol–water partition coefficient (Wildman–Crippen LogP) is 2.59. The highest BCUT2D eigenvalue weighted by molar-refractivity contribution is 6.31. The molecule has 3 saturated carbocycles. The molecule has 138 valence electrons. The van der Waals surface area contributed by atoms with Gasteiger partial charge in [0.25, 0.3) is 0 Å². The summed E-state index contributed by atoms with van der Waals surface area (Å²) in [4.78, 5) is 2.15. The lowest BCUT2D eigenvalue weighted by Crippen LogP contribution is -2.58. The molecular weight excluding hydrogens is 345 g/mol. The molecule has 4 aliphatic rings. The van der Waals surface area contributed by atoms with Crippen molar-refractivity contribution < 1.29 is 9.13 Å². The molecule has 5 N–H and O–H groups in total. The topological polar surface area (TPSA) is 88.9 Å². The Labute approximate surface area is 152 Å². The zero-order valence-electron chi connectivity index (χ0n) is 14.6. The minimum atomic E-state index is -0.602. The monoisotopic (exact) mass is 369 g/mol. The maximum Gasteiger partial charge on any atom is 0.157 e. The first kappa shape index (κ1) is 18.1. The second-order valence-electron chi connectivity index (χ2n) is 6.77. The smallest absolute Gasteiger partial charge is 0.157 e. The van der Waals surface area contributed by atoms with E-state index in [1.54, 1.807) is 0 Å². The summed E-state index contributed by atoms with van der Waals surface area (Å²) in [6.45, 7) is 6.12. The van der Waals surface area contributed by atoms with Gasteiger partial charge in [-0.1, -0.05) is 25.4 Å². The molecule has 25 heavy (non-hydrogen) atoms. The maximum atomic E-state index is 14.6. The molecule has 0 amide bonds. The summed E-state index contributed by atoms with van der Waals surface area (Å²) in [5.41, 5.74) is 9.17. The molecule has 3 aliphatic carbocycles. The number of hydrogen-bond acceptors (Lipinski definition) is 5. The number of fused-ring (bicyclic) bond motifs is 1. The van der Waals surface area contributed by atoms with Crippen LogP contribution in [0.1, 0.15) is 38.7 Å². The molecule has 1 aromatic rings. The van der Waals surface area contributed by atoms with E-state index in [4.69, 9.17) is 27.9 Å². The molecule has 0 radical (unpaired) electrons. The third-order valence-electron chi connectivity index (χ3n) is 5.22. The average Bonchev–Trinajstić information content (AvgIpc) is 2.53. The van der Waals surface area contributed by atoms with Crippen molar-refractivity contribution in [3.63, 3.8) is 0 Å². The number of anilines is 1. The number of nitrogens with two attached hydrogens (primary N) is 2. The fourth-order valence-corrected chi connectivity index (χ4v) is 4.36. The number of hydrazine groups is 1. The molecule has 6 nitrogen and oxygen atoms in total. The minimum absolute atomic E-state index is 0.0405. The fourth-order valence-electron chi connectivity index (χ4n) is 4.17. The number of rotatable bonds is 4.